The lowest BCUT2D eigenvalue weighted by atomic mass is 10.2. The average molecular weight is 300 g/mol. The Hall–Kier alpha value is -2.37. The van der Waals surface area contributed by atoms with Crippen molar-refractivity contribution >= 4 is 17.4 Å². The van der Waals surface area contributed by atoms with Gasteiger partial charge in [-0.3, -0.25) is 9.78 Å². The molecule has 1 amide bonds. The molecule has 1 fully saturated rings. The van der Waals surface area contributed by atoms with Gasteiger partial charge in [0.25, 0.3) is 5.91 Å². The number of carbonyl (C=O) groups excluding carboxylic acids is 1. The van der Waals surface area contributed by atoms with E-state index in [1.165, 1.54) is 25.7 Å². The van der Waals surface area contributed by atoms with Crippen molar-refractivity contribution < 1.29 is 9.32 Å². The maximum atomic E-state index is 12.3. The summed E-state index contributed by atoms with van der Waals surface area (Å²) in [5, 5.41) is 6.46. The summed E-state index contributed by atoms with van der Waals surface area (Å²) in [5.41, 5.74) is 1.45. The summed E-state index contributed by atoms with van der Waals surface area (Å²) in [5.74, 6) is 0.788. The monoisotopic (exact) mass is 300 g/mol. The van der Waals surface area contributed by atoms with Crippen LogP contribution < -0.4 is 10.2 Å². The van der Waals surface area contributed by atoms with E-state index in [1.807, 2.05) is 12.1 Å². The van der Waals surface area contributed by atoms with Crippen LogP contribution in [0, 0.1) is 6.92 Å². The van der Waals surface area contributed by atoms with Crippen LogP contribution in [-0.2, 0) is 0 Å². The van der Waals surface area contributed by atoms with Gasteiger partial charge >= 0.3 is 0 Å². The lowest BCUT2D eigenvalue weighted by Crippen LogP contribution is -2.24. The predicted molar refractivity (Wildman–Crippen MR) is 84.1 cm³/mol. The number of pyridine rings is 1. The van der Waals surface area contributed by atoms with E-state index in [0.29, 0.717) is 17.3 Å². The first kappa shape index (κ1) is 14.6. The van der Waals surface area contributed by atoms with Gasteiger partial charge in [0, 0.05) is 31.0 Å². The summed E-state index contributed by atoms with van der Waals surface area (Å²) in [4.78, 5) is 18.7. The number of hydrogen-bond donors (Lipinski definition) is 1. The van der Waals surface area contributed by atoms with Crippen molar-refractivity contribution in [1.82, 2.24) is 10.1 Å². The number of aromatic nitrogens is 2. The Morgan fingerprint density at radius 1 is 1.23 bits per heavy atom. The fourth-order valence-corrected chi connectivity index (χ4v) is 2.67. The molecule has 0 saturated carbocycles. The minimum absolute atomic E-state index is 0.273. The highest BCUT2D eigenvalue weighted by atomic mass is 16.5. The molecule has 2 aromatic rings. The van der Waals surface area contributed by atoms with Crippen molar-refractivity contribution in [3.05, 3.63) is 35.9 Å². The molecule has 0 atom stereocenters. The minimum atomic E-state index is -0.273. The molecule has 1 aliphatic rings. The normalized spacial score (nSPS) is 15.4. The van der Waals surface area contributed by atoms with Gasteiger partial charge in [-0.05, 0) is 31.9 Å². The standard InChI is InChI=1S/C16H20N4O2/c1-12-10-15(19-22-12)18-16(21)14-11-13(6-7-17-14)20-8-4-2-3-5-9-20/h6-7,10-11H,2-5,8-9H2,1H3,(H,18,19,21). The highest BCUT2D eigenvalue weighted by molar-refractivity contribution is 6.02. The van der Waals surface area contributed by atoms with E-state index >= 15 is 0 Å². The number of aryl methyl sites for hydroxylation is 1. The molecular weight excluding hydrogens is 280 g/mol. The Balaban J connectivity index is 1.73. The van der Waals surface area contributed by atoms with Crippen LogP contribution >= 0.6 is 0 Å². The SMILES string of the molecule is Cc1cc(NC(=O)c2cc(N3CCCCCC3)ccn2)no1. The highest BCUT2D eigenvalue weighted by Gasteiger charge is 2.14. The molecule has 6 nitrogen and oxygen atoms in total. The quantitative estimate of drug-likeness (QED) is 0.943. The maximum Gasteiger partial charge on any atom is 0.275 e. The third-order valence-corrected chi connectivity index (χ3v) is 3.82. The van der Waals surface area contributed by atoms with E-state index in [9.17, 15) is 4.79 Å². The summed E-state index contributed by atoms with van der Waals surface area (Å²) in [6.45, 7) is 3.85. The topological polar surface area (TPSA) is 71.3 Å². The van der Waals surface area contributed by atoms with Crippen LogP contribution in [0.25, 0.3) is 0 Å². The molecule has 0 bridgehead atoms. The van der Waals surface area contributed by atoms with Gasteiger partial charge in [0.1, 0.15) is 11.5 Å². The summed E-state index contributed by atoms with van der Waals surface area (Å²) < 4.78 is 4.94. The van der Waals surface area contributed by atoms with Crippen molar-refractivity contribution in [1.29, 1.82) is 0 Å². The van der Waals surface area contributed by atoms with Gasteiger partial charge in [0.2, 0.25) is 0 Å². The molecule has 22 heavy (non-hydrogen) atoms. The Bertz CT molecular complexity index is 645. The van der Waals surface area contributed by atoms with Crippen LogP contribution in [0.1, 0.15) is 41.9 Å². The van der Waals surface area contributed by atoms with Gasteiger partial charge < -0.3 is 14.7 Å². The number of hydrogen-bond acceptors (Lipinski definition) is 5. The number of rotatable bonds is 3. The van der Waals surface area contributed by atoms with Crippen LogP contribution in [0.4, 0.5) is 11.5 Å². The van der Waals surface area contributed by atoms with E-state index in [1.54, 1.807) is 19.2 Å². The molecule has 1 N–H and O–H groups in total. The molecule has 116 valence electrons. The van der Waals surface area contributed by atoms with Crippen molar-refractivity contribution in [3.63, 3.8) is 0 Å². The number of amides is 1. The molecule has 2 aromatic heterocycles. The van der Waals surface area contributed by atoms with Gasteiger partial charge in [-0.1, -0.05) is 18.0 Å². The first-order chi connectivity index (χ1) is 10.7. The van der Waals surface area contributed by atoms with Crippen LogP contribution in [-0.4, -0.2) is 29.1 Å². The Labute approximate surface area is 129 Å². The predicted octanol–water partition coefficient (Wildman–Crippen LogP) is 3.01. The largest absolute Gasteiger partial charge is 0.371 e. The van der Waals surface area contributed by atoms with Crippen LogP contribution in [0.5, 0.6) is 0 Å². The van der Waals surface area contributed by atoms with E-state index in [-0.39, 0.29) is 5.91 Å². The zero-order valence-corrected chi connectivity index (χ0v) is 12.7. The van der Waals surface area contributed by atoms with Gasteiger partial charge in [-0.25, -0.2) is 0 Å². The number of anilines is 2. The van der Waals surface area contributed by atoms with E-state index in [2.05, 4.69) is 20.4 Å². The molecule has 0 aromatic carbocycles. The Kier molecular flexibility index (Phi) is 4.37. The van der Waals surface area contributed by atoms with E-state index in [0.717, 1.165) is 18.8 Å². The summed E-state index contributed by atoms with van der Waals surface area (Å²) >= 11 is 0. The highest BCUT2D eigenvalue weighted by Crippen LogP contribution is 2.20. The first-order valence-electron chi connectivity index (χ1n) is 7.68. The molecule has 0 aliphatic carbocycles. The molecule has 3 heterocycles. The Morgan fingerprint density at radius 2 is 2.00 bits per heavy atom. The Morgan fingerprint density at radius 3 is 2.68 bits per heavy atom. The zero-order chi connectivity index (χ0) is 15.4. The van der Waals surface area contributed by atoms with E-state index in [4.69, 9.17) is 4.52 Å². The van der Waals surface area contributed by atoms with Crippen LogP contribution in [0.15, 0.2) is 28.9 Å². The van der Waals surface area contributed by atoms with Gasteiger partial charge in [-0.15, -0.1) is 0 Å². The number of nitrogens with zero attached hydrogens (tertiary/aromatic N) is 3. The molecule has 1 aliphatic heterocycles. The number of carbonyl (C=O) groups is 1. The molecule has 3 rings (SSSR count). The van der Waals surface area contributed by atoms with Crippen LogP contribution in [0.2, 0.25) is 0 Å². The third-order valence-electron chi connectivity index (χ3n) is 3.82. The molecular formula is C16H20N4O2. The molecule has 1 saturated heterocycles. The van der Waals surface area contributed by atoms with Gasteiger partial charge in [-0.2, -0.15) is 0 Å². The summed E-state index contributed by atoms with van der Waals surface area (Å²) in [7, 11) is 0. The lowest BCUT2D eigenvalue weighted by Gasteiger charge is -2.22. The molecule has 0 radical (unpaired) electrons. The maximum absolute atomic E-state index is 12.3. The fourth-order valence-electron chi connectivity index (χ4n) is 2.67. The van der Waals surface area contributed by atoms with Crippen molar-refractivity contribution in [3.8, 4) is 0 Å². The zero-order valence-electron chi connectivity index (χ0n) is 12.7. The third kappa shape index (κ3) is 3.44. The molecule has 6 heteroatoms. The first-order valence-corrected chi connectivity index (χ1v) is 7.68. The molecule has 0 unspecified atom stereocenters. The lowest BCUT2D eigenvalue weighted by molar-refractivity contribution is 0.102. The minimum Gasteiger partial charge on any atom is -0.371 e. The van der Waals surface area contributed by atoms with Gasteiger partial charge in [0.15, 0.2) is 5.82 Å². The van der Waals surface area contributed by atoms with Crippen molar-refractivity contribution in [2.24, 2.45) is 0 Å². The summed E-state index contributed by atoms with van der Waals surface area (Å²) in [6, 6.07) is 5.48. The smallest absolute Gasteiger partial charge is 0.275 e. The summed E-state index contributed by atoms with van der Waals surface area (Å²) in [6.07, 6.45) is 6.63. The van der Waals surface area contributed by atoms with Crippen molar-refractivity contribution in [2.45, 2.75) is 32.6 Å². The average Bonchev–Trinajstić information content (AvgIpc) is 2.78. The van der Waals surface area contributed by atoms with Crippen molar-refractivity contribution in [2.75, 3.05) is 23.3 Å². The second-order valence-corrected chi connectivity index (χ2v) is 5.58. The van der Waals surface area contributed by atoms with Gasteiger partial charge in [0.05, 0.1) is 0 Å². The van der Waals surface area contributed by atoms with E-state index < -0.39 is 0 Å². The molecule has 0 spiro atoms. The number of nitrogens with one attached hydrogen (secondary N) is 1. The second-order valence-electron chi connectivity index (χ2n) is 5.58. The van der Waals surface area contributed by atoms with Crippen LogP contribution in [0.3, 0.4) is 0 Å². The fraction of sp³-hybridized carbons (Fsp3) is 0.438. The second kappa shape index (κ2) is 6.60.